The summed E-state index contributed by atoms with van der Waals surface area (Å²) in [5, 5.41) is 6.08. The standard InChI is InChI=1S/C10H5Cl/c11-8-3-6-1-2-7-4-9(6)10(7)5-8/h1-5H. The molecule has 52 valence electrons. The van der Waals surface area contributed by atoms with Gasteiger partial charge in [0.05, 0.1) is 0 Å². The number of hydrogen-bond donors (Lipinski definition) is 0. The fourth-order valence-corrected chi connectivity index (χ4v) is 1.88. The van der Waals surface area contributed by atoms with Gasteiger partial charge in [-0.3, -0.25) is 0 Å². The highest BCUT2D eigenvalue weighted by atomic mass is 35.5. The van der Waals surface area contributed by atoms with Crippen LogP contribution in [-0.2, 0) is 0 Å². The number of hydrogen-bond acceptors (Lipinski definition) is 0. The van der Waals surface area contributed by atoms with Crippen molar-refractivity contribution >= 4 is 33.1 Å². The summed E-state index contributed by atoms with van der Waals surface area (Å²) in [7, 11) is 0. The van der Waals surface area contributed by atoms with Crippen molar-refractivity contribution in [2.45, 2.75) is 0 Å². The Bertz CT molecular complexity index is 474. The molecule has 4 aromatic carbocycles. The molecule has 0 atom stereocenters. The van der Waals surface area contributed by atoms with E-state index in [2.05, 4.69) is 18.2 Å². The first-order chi connectivity index (χ1) is 5.34. The Morgan fingerprint density at radius 2 is 1.45 bits per heavy atom. The highest BCUT2D eigenvalue weighted by Crippen LogP contribution is 2.35. The van der Waals surface area contributed by atoms with Gasteiger partial charge in [0.25, 0.3) is 0 Å². The Morgan fingerprint density at radius 3 is 2.09 bits per heavy atom. The Labute approximate surface area is 69.1 Å². The van der Waals surface area contributed by atoms with Crippen LogP contribution in [0.15, 0.2) is 30.3 Å². The average molecular weight is 161 g/mol. The van der Waals surface area contributed by atoms with E-state index in [4.69, 9.17) is 11.6 Å². The van der Waals surface area contributed by atoms with Crippen molar-refractivity contribution in [3.8, 4) is 0 Å². The molecule has 0 aliphatic rings. The Balaban J connectivity index is 2.69. The van der Waals surface area contributed by atoms with E-state index >= 15 is 0 Å². The van der Waals surface area contributed by atoms with Gasteiger partial charge in [0.15, 0.2) is 0 Å². The molecule has 0 N–H and O–H groups in total. The van der Waals surface area contributed by atoms with E-state index in [-0.39, 0.29) is 0 Å². The van der Waals surface area contributed by atoms with Crippen LogP contribution in [0.5, 0.6) is 0 Å². The lowest BCUT2D eigenvalue weighted by molar-refractivity contribution is 1.78. The third-order valence-electron chi connectivity index (χ3n) is 2.23. The number of rotatable bonds is 0. The molecule has 0 heterocycles. The first-order valence-electron chi connectivity index (χ1n) is 3.58. The monoisotopic (exact) mass is 160 g/mol. The predicted octanol–water partition coefficient (Wildman–Crippen LogP) is 3.52. The molecule has 0 aliphatic carbocycles. The van der Waals surface area contributed by atoms with E-state index in [9.17, 15) is 0 Å². The molecule has 4 rings (SSSR count). The maximum Gasteiger partial charge on any atom is 0.0418 e. The van der Waals surface area contributed by atoms with Crippen LogP contribution >= 0.6 is 11.6 Å². The van der Waals surface area contributed by atoms with Gasteiger partial charge in [-0.25, -0.2) is 0 Å². The lowest BCUT2D eigenvalue weighted by Crippen LogP contribution is -1.83. The number of fused-ring (bicyclic) bond motifs is 1. The predicted molar refractivity (Wildman–Crippen MR) is 48.8 cm³/mol. The highest BCUT2D eigenvalue weighted by molar-refractivity contribution is 6.33. The first kappa shape index (κ1) is 5.62. The minimum absolute atomic E-state index is 0.841. The van der Waals surface area contributed by atoms with E-state index in [1.54, 1.807) is 0 Å². The molecule has 0 unspecified atom stereocenters. The van der Waals surface area contributed by atoms with Crippen molar-refractivity contribution < 1.29 is 0 Å². The zero-order chi connectivity index (χ0) is 7.42. The molecule has 0 aromatic heterocycles. The van der Waals surface area contributed by atoms with Crippen molar-refractivity contribution in [2.24, 2.45) is 0 Å². The molecule has 4 aromatic rings. The molecular formula is C10H5Cl. The van der Waals surface area contributed by atoms with Gasteiger partial charge in [-0.1, -0.05) is 23.7 Å². The summed E-state index contributed by atoms with van der Waals surface area (Å²) in [5.74, 6) is 0. The number of halogens is 1. The molecule has 11 heavy (non-hydrogen) atoms. The third-order valence-corrected chi connectivity index (χ3v) is 2.45. The summed E-state index contributed by atoms with van der Waals surface area (Å²) < 4.78 is 0. The Morgan fingerprint density at radius 1 is 0.818 bits per heavy atom. The smallest absolute Gasteiger partial charge is 0.0418 e. The van der Waals surface area contributed by atoms with Crippen LogP contribution in [0.1, 0.15) is 0 Å². The second kappa shape index (κ2) is 1.59. The van der Waals surface area contributed by atoms with Gasteiger partial charge in [-0.2, -0.15) is 0 Å². The van der Waals surface area contributed by atoms with Crippen molar-refractivity contribution in [2.75, 3.05) is 0 Å². The minimum Gasteiger partial charge on any atom is -0.0843 e. The van der Waals surface area contributed by atoms with Gasteiger partial charge in [0.1, 0.15) is 0 Å². The lowest BCUT2D eigenvalue weighted by atomic mass is 9.95. The molecule has 0 nitrogen and oxygen atoms in total. The molecular weight excluding hydrogens is 156 g/mol. The van der Waals surface area contributed by atoms with Crippen LogP contribution < -0.4 is 0 Å². The zero-order valence-corrected chi connectivity index (χ0v) is 6.52. The quantitative estimate of drug-likeness (QED) is 0.472. The van der Waals surface area contributed by atoms with Crippen molar-refractivity contribution in [1.82, 2.24) is 0 Å². The van der Waals surface area contributed by atoms with Crippen molar-refractivity contribution in [3.05, 3.63) is 35.4 Å². The van der Waals surface area contributed by atoms with E-state index in [1.807, 2.05) is 12.1 Å². The minimum atomic E-state index is 0.841. The third kappa shape index (κ3) is 0.561. The second-order valence-electron chi connectivity index (χ2n) is 2.89. The van der Waals surface area contributed by atoms with Crippen molar-refractivity contribution in [1.29, 1.82) is 0 Å². The summed E-state index contributed by atoms with van der Waals surface area (Å²) in [6.45, 7) is 0. The van der Waals surface area contributed by atoms with E-state index < -0.39 is 0 Å². The molecule has 4 bridgehead atoms. The Hall–Kier alpha value is -1.01. The molecule has 0 aliphatic heterocycles. The Kier molecular flexibility index (Phi) is 0.813. The summed E-state index contributed by atoms with van der Waals surface area (Å²) in [6, 6.07) is 10.5. The highest BCUT2D eigenvalue weighted by Gasteiger charge is 2.07. The summed E-state index contributed by atoms with van der Waals surface area (Å²) in [6.07, 6.45) is 0. The average Bonchev–Trinajstić information content (AvgIpc) is 1.98. The van der Waals surface area contributed by atoms with Gasteiger partial charge < -0.3 is 0 Å². The second-order valence-corrected chi connectivity index (χ2v) is 3.33. The SMILES string of the molecule is Clc1cc2ccc3cc2c3c1. The molecule has 0 amide bonds. The molecule has 0 spiro atoms. The summed E-state index contributed by atoms with van der Waals surface area (Å²) >= 11 is 5.89. The normalized spacial score (nSPS) is 12.1. The van der Waals surface area contributed by atoms with Crippen LogP contribution in [0.3, 0.4) is 0 Å². The van der Waals surface area contributed by atoms with Gasteiger partial charge in [-0.05, 0) is 39.7 Å². The van der Waals surface area contributed by atoms with Gasteiger partial charge >= 0.3 is 0 Å². The van der Waals surface area contributed by atoms with Gasteiger partial charge in [-0.15, -0.1) is 0 Å². The molecule has 1 heteroatoms. The van der Waals surface area contributed by atoms with E-state index in [0.29, 0.717) is 0 Å². The van der Waals surface area contributed by atoms with Crippen LogP contribution in [-0.4, -0.2) is 0 Å². The first-order valence-corrected chi connectivity index (χ1v) is 3.96. The maximum absolute atomic E-state index is 5.89. The van der Waals surface area contributed by atoms with Crippen molar-refractivity contribution in [3.63, 3.8) is 0 Å². The fourth-order valence-electron chi connectivity index (χ4n) is 1.65. The van der Waals surface area contributed by atoms with Gasteiger partial charge in [0, 0.05) is 5.02 Å². The van der Waals surface area contributed by atoms with Crippen LogP contribution in [0.2, 0.25) is 5.02 Å². The lowest BCUT2D eigenvalue weighted by Gasteiger charge is -2.10. The van der Waals surface area contributed by atoms with Crippen LogP contribution in [0.4, 0.5) is 0 Å². The molecule has 0 saturated carbocycles. The topological polar surface area (TPSA) is 0 Å². The maximum atomic E-state index is 5.89. The summed E-state index contributed by atoms with van der Waals surface area (Å²) in [4.78, 5) is 0. The number of benzene rings is 3. The van der Waals surface area contributed by atoms with Crippen LogP contribution in [0, 0.1) is 0 Å². The fraction of sp³-hybridized carbons (Fsp3) is 0. The molecule has 0 radical (unpaired) electrons. The molecule has 0 fully saturated rings. The van der Waals surface area contributed by atoms with E-state index in [1.165, 1.54) is 21.5 Å². The van der Waals surface area contributed by atoms with Gasteiger partial charge in [0.2, 0.25) is 0 Å². The van der Waals surface area contributed by atoms with E-state index in [0.717, 1.165) is 5.02 Å². The molecule has 0 saturated heterocycles. The van der Waals surface area contributed by atoms with Crippen LogP contribution in [0.25, 0.3) is 21.5 Å². The largest absolute Gasteiger partial charge is 0.0843 e. The zero-order valence-electron chi connectivity index (χ0n) is 5.76. The summed E-state index contributed by atoms with van der Waals surface area (Å²) in [5.41, 5.74) is 0.